The quantitative estimate of drug-likeness (QED) is 0.765. The molecule has 17 heavy (non-hydrogen) atoms. The van der Waals surface area contributed by atoms with E-state index in [4.69, 9.17) is 10.3 Å². The summed E-state index contributed by atoms with van der Waals surface area (Å²) in [5.41, 5.74) is 5.26. The number of hydrogen-bond donors (Lipinski definition) is 1. The van der Waals surface area contributed by atoms with E-state index in [0.29, 0.717) is 22.6 Å². The maximum atomic E-state index is 5.86. The van der Waals surface area contributed by atoms with Crippen molar-refractivity contribution in [2.75, 3.05) is 0 Å². The monoisotopic (exact) mass is 255 g/mol. The van der Waals surface area contributed by atoms with Gasteiger partial charge in [0.1, 0.15) is 0 Å². The minimum atomic E-state index is -0.598. The Morgan fingerprint density at radius 2 is 2.24 bits per heavy atom. The number of nitrogens with zero attached hydrogens (tertiary/aromatic N) is 6. The largest absolute Gasteiger partial charge is 0.338 e. The lowest BCUT2D eigenvalue weighted by atomic mass is 10.1. The summed E-state index contributed by atoms with van der Waals surface area (Å²) < 4.78 is 6.67. The van der Waals surface area contributed by atoms with Gasteiger partial charge >= 0.3 is 0 Å². The molecule has 2 aromatic heterocycles. The van der Waals surface area contributed by atoms with Gasteiger partial charge in [0.15, 0.2) is 5.82 Å². The van der Waals surface area contributed by atoms with Crippen LogP contribution in [-0.2, 0) is 18.3 Å². The molecule has 0 radical (unpaired) electrons. The summed E-state index contributed by atoms with van der Waals surface area (Å²) in [6, 6.07) is 0. The van der Waals surface area contributed by atoms with Crippen LogP contribution in [0.3, 0.4) is 0 Å². The highest BCUT2D eigenvalue weighted by Crippen LogP contribution is 2.20. The van der Waals surface area contributed by atoms with Crippen molar-refractivity contribution >= 4 is 11.8 Å². The van der Waals surface area contributed by atoms with Crippen molar-refractivity contribution < 1.29 is 4.52 Å². The van der Waals surface area contributed by atoms with E-state index in [-0.39, 0.29) is 0 Å². The van der Waals surface area contributed by atoms with Crippen LogP contribution in [0.25, 0.3) is 0 Å². The van der Waals surface area contributed by atoms with Crippen molar-refractivity contribution in [1.29, 1.82) is 0 Å². The van der Waals surface area contributed by atoms with Gasteiger partial charge in [-0.15, -0.1) is 5.10 Å². The van der Waals surface area contributed by atoms with Crippen LogP contribution >= 0.6 is 11.8 Å². The van der Waals surface area contributed by atoms with Crippen LogP contribution in [-0.4, -0.2) is 30.3 Å². The maximum Gasteiger partial charge on any atom is 0.237 e. The Morgan fingerprint density at radius 1 is 1.47 bits per heavy atom. The summed E-state index contributed by atoms with van der Waals surface area (Å²) in [4.78, 5) is 4.21. The molecule has 0 unspecified atom stereocenters. The Labute approximate surface area is 102 Å². The predicted octanol–water partition coefficient (Wildman–Crippen LogP) is 0.0792. The third kappa shape index (κ3) is 2.80. The molecule has 0 atom stereocenters. The second-order valence-electron chi connectivity index (χ2n) is 4.11. The molecule has 0 aliphatic heterocycles. The molecule has 0 aliphatic rings. The molecule has 2 aromatic rings. The first-order chi connectivity index (χ1) is 7.97. The van der Waals surface area contributed by atoms with Gasteiger partial charge in [0.25, 0.3) is 0 Å². The number of rotatable bonds is 4. The van der Waals surface area contributed by atoms with E-state index in [1.54, 1.807) is 11.7 Å². The molecule has 2 heterocycles. The third-order valence-electron chi connectivity index (χ3n) is 1.95. The zero-order valence-electron chi connectivity index (χ0n) is 9.78. The number of tetrazole rings is 1. The summed E-state index contributed by atoms with van der Waals surface area (Å²) in [5.74, 6) is 1.51. The molecule has 0 bridgehead atoms. The van der Waals surface area contributed by atoms with E-state index in [9.17, 15) is 0 Å². The minimum Gasteiger partial charge on any atom is -0.338 e. The molecule has 0 saturated heterocycles. The van der Waals surface area contributed by atoms with Gasteiger partial charge in [-0.1, -0.05) is 16.9 Å². The van der Waals surface area contributed by atoms with Gasteiger partial charge in [0.05, 0.1) is 11.3 Å². The van der Waals surface area contributed by atoms with E-state index >= 15 is 0 Å². The molecule has 2 rings (SSSR count). The molecule has 0 fully saturated rings. The van der Waals surface area contributed by atoms with Crippen LogP contribution in [0.5, 0.6) is 0 Å². The zero-order chi connectivity index (χ0) is 12.5. The average molecular weight is 255 g/mol. The number of hydrogen-bond acceptors (Lipinski definition) is 8. The fourth-order valence-corrected chi connectivity index (χ4v) is 1.73. The van der Waals surface area contributed by atoms with E-state index in [1.807, 2.05) is 13.8 Å². The summed E-state index contributed by atoms with van der Waals surface area (Å²) in [6.07, 6.45) is 0. The van der Waals surface area contributed by atoms with Gasteiger partial charge in [-0.2, -0.15) is 4.98 Å². The highest BCUT2D eigenvalue weighted by molar-refractivity contribution is 7.98. The molecule has 9 heteroatoms. The predicted molar refractivity (Wildman–Crippen MR) is 59.9 cm³/mol. The second kappa shape index (κ2) is 4.41. The molecule has 0 aromatic carbocycles. The maximum absolute atomic E-state index is 5.86. The first-order valence-corrected chi connectivity index (χ1v) is 5.92. The van der Waals surface area contributed by atoms with Crippen LogP contribution in [0.1, 0.15) is 25.6 Å². The number of thioether (sulfide) groups is 1. The van der Waals surface area contributed by atoms with Crippen LogP contribution in [0, 0.1) is 0 Å². The van der Waals surface area contributed by atoms with Crippen molar-refractivity contribution in [3.8, 4) is 0 Å². The topological polar surface area (TPSA) is 109 Å². The zero-order valence-corrected chi connectivity index (χ0v) is 10.6. The van der Waals surface area contributed by atoms with Gasteiger partial charge in [-0.3, -0.25) is 0 Å². The second-order valence-corrected chi connectivity index (χ2v) is 5.05. The Balaban J connectivity index is 2.01. The number of aryl methyl sites for hydroxylation is 1. The molecule has 0 saturated carbocycles. The van der Waals surface area contributed by atoms with Gasteiger partial charge < -0.3 is 10.3 Å². The fraction of sp³-hybridized carbons (Fsp3) is 0.625. The molecule has 0 aliphatic carbocycles. The molecular formula is C8H13N7OS. The van der Waals surface area contributed by atoms with Crippen molar-refractivity contribution in [3.63, 3.8) is 0 Å². The summed E-state index contributed by atoms with van der Waals surface area (Å²) >= 11 is 1.42. The van der Waals surface area contributed by atoms with Crippen molar-refractivity contribution in [3.05, 3.63) is 11.7 Å². The lowest BCUT2D eigenvalue weighted by Gasteiger charge is -2.11. The van der Waals surface area contributed by atoms with Crippen molar-refractivity contribution in [2.45, 2.75) is 30.3 Å². The standard InChI is InChI=1S/C8H13N7OS/c1-8(2,9)6-10-5(16-12-6)4-17-7-11-13-14-15(7)3/h4,9H2,1-3H3. The molecule has 2 N–H and O–H groups in total. The summed E-state index contributed by atoms with van der Waals surface area (Å²) in [6.45, 7) is 3.64. The van der Waals surface area contributed by atoms with Gasteiger partial charge in [-0.25, -0.2) is 4.68 Å². The normalized spacial score (nSPS) is 12.0. The van der Waals surface area contributed by atoms with Crippen molar-refractivity contribution in [2.24, 2.45) is 12.8 Å². The molecule has 0 amide bonds. The van der Waals surface area contributed by atoms with Gasteiger partial charge in [0.2, 0.25) is 11.0 Å². The Morgan fingerprint density at radius 3 is 2.76 bits per heavy atom. The summed E-state index contributed by atoms with van der Waals surface area (Å²) in [5, 5.41) is 15.6. The van der Waals surface area contributed by atoms with Crippen LogP contribution in [0.2, 0.25) is 0 Å². The van der Waals surface area contributed by atoms with Gasteiger partial charge in [0, 0.05) is 7.05 Å². The first-order valence-electron chi connectivity index (χ1n) is 4.94. The van der Waals surface area contributed by atoms with E-state index in [2.05, 4.69) is 25.7 Å². The first kappa shape index (κ1) is 12.0. The fourth-order valence-electron chi connectivity index (χ4n) is 1.05. The third-order valence-corrected chi connectivity index (χ3v) is 2.95. The minimum absolute atomic E-state index is 0.490. The van der Waals surface area contributed by atoms with Gasteiger partial charge in [-0.05, 0) is 24.3 Å². The Hall–Kier alpha value is -1.48. The highest BCUT2D eigenvalue weighted by Gasteiger charge is 2.21. The lowest BCUT2D eigenvalue weighted by molar-refractivity contribution is 0.369. The molecular weight excluding hydrogens is 242 g/mol. The van der Waals surface area contributed by atoms with Crippen LogP contribution in [0.4, 0.5) is 0 Å². The lowest BCUT2D eigenvalue weighted by Crippen LogP contribution is -2.30. The van der Waals surface area contributed by atoms with E-state index in [0.717, 1.165) is 0 Å². The Kier molecular flexibility index (Phi) is 3.11. The number of nitrogens with two attached hydrogens (primary N) is 1. The molecule has 0 spiro atoms. The van der Waals surface area contributed by atoms with E-state index < -0.39 is 5.54 Å². The highest BCUT2D eigenvalue weighted by atomic mass is 32.2. The van der Waals surface area contributed by atoms with Crippen molar-refractivity contribution in [1.82, 2.24) is 30.3 Å². The SMILES string of the molecule is Cn1nnnc1SCc1nc(C(C)(C)N)no1. The Bertz CT molecular complexity index is 500. The van der Waals surface area contributed by atoms with Crippen LogP contribution < -0.4 is 5.73 Å². The molecule has 92 valence electrons. The molecule has 8 nitrogen and oxygen atoms in total. The average Bonchev–Trinajstić information content (AvgIpc) is 2.82. The summed E-state index contributed by atoms with van der Waals surface area (Å²) in [7, 11) is 1.77. The number of aromatic nitrogens is 6. The smallest absolute Gasteiger partial charge is 0.237 e. The van der Waals surface area contributed by atoms with E-state index in [1.165, 1.54) is 11.8 Å². The van der Waals surface area contributed by atoms with Crippen LogP contribution in [0.15, 0.2) is 9.68 Å².